The second kappa shape index (κ2) is 9.18. The number of anilines is 1. The normalized spacial score (nSPS) is 15.9. The van der Waals surface area contributed by atoms with Crippen molar-refractivity contribution >= 4 is 38.3 Å². The largest absolute Gasteiger partial charge is 0.466 e. The van der Waals surface area contributed by atoms with E-state index in [1.807, 2.05) is 6.92 Å². The molecule has 2 aromatic rings. The quantitative estimate of drug-likeness (QED) is 0.639. The second-order valence-electron chi connectivity index (χ2n) is 6.98. The van der Waals surface area contributed by atoms with Gasteiger partial charge in [-0.15, -0.1) is 11.3 Å². The molecule has 0 aliphatic heterocycles. The zero-order valence-electron chi connectivity index (χ0n) is 17.2. The number of aryl methyl sites for hydroxylation is 2. The summed E-state index contributed by atoms with van der Waals surface area (Å²) in [6.45, 7) is 5.64. The highest BCUT2D eigenvalue weighted by atomic mass is 32.2. The lowest BCUT2D eigenvalue weighted by Gasteiger charge is -2.22. The summed E-state index contributed by atoms with van der Waals surface area (Å²) >= 11 is 1.18. The lowest BCUT2D eigenvalue weighted by atomic mass is 9.85. The average Bonchev–Trinajstić information content (AvgIpc) is 3.05. The van der Waals surface area contributed by atoms with Crippen molar-refractivity contribution in [1.29, 1.82) is 0 Å². The van der Waals surface area contributed by atoms with Gasteiger partial charge < -0.3 is 9.47 Å². The third kappa shape index (κ3) is 4.52. The Kier molecular flexibility index (Phi) is 6.82. The van der Waals surface area contributed by atoms with Crippen molar-refractivity contribution in [2.45, 2.75) is 50.8 Å². The van der Waals surface area contributed by atoms with Gasteiger partial charge in [0, 0.05) is 4.88 Å². The number of benzene rings is 1. The maximum absolute atomic E-state index is 12.9. The molecule has 0 amide bonds. The van der Waals surface area contributed by atoms with E-state index in [4.69, 9.17) is 9.47 Å². The van der Waals surface area contributed by atoms with Gasteiger partial charge >= 0.3 is 11.9 Å². The zero-order chi connectivity index (χ0) is 21.9. The number of carbonyl (C=O) groups excluding carboxylic acids is 2. The van der Waals surface area contributed by atoms with Crippen LogP contribution in [0.4, 0.5) is 5.00 Å². The molecule has 7 nitrogen and oxygen atoms in total. The first-order valence-corrected chi connectivity index (χ1v) is 12.2. The van der Waals surface area contributed by atoms with Crippen LogP contribution in [0.15, 0.2) is 29.2 Å². The van der Waals surface area contributed by atoms with Crippen LogP contribution in [0.2, 0.25) is 0 Å². The lowest BCUT2D eigenvalue weighted by molar-refractivity contribution is -0.145. The fourth-order valence-corrected chi connectivity index (χ4v) is 6.11. The van der Waals surface area contributed by atoms with Gasteiger partial charge in [-0.1, -0.05) is 17.7 Å². The Morgan fingerprint density at radius 2 is 1.80 bits per heavy atom. The Bertz CT molecular complexity index is 1040. The van der Waals surface area contributed by atoms with Crippen LogP contribution >= 0.6 is 11.3 Å². The van der Waals surface area contributed by atoms with Crippen LogP contribution in [0.1, 0.15) is 59.0 Å². The maximum atomic E-state index is 12.9. The highest BCUT2D eigenvalue weighted by Gasteiger charge is 2.37. The molecule has 1 N–H and O–H groups in total. The summed E-state index contributed by atoms with van der Waals surface area (Å²) < 4.78 is 38.8. The third-order valence-corrected chi connectivity index (χ3v) is 7.55. The summed E-state index contributed by atoms with van der Waals surface area (Å²) in [6, 6.07) is 6.43. The average molecular weight is 452 g/mol. The number of sulfonamides is 1. The SMILES string of the molecule is CCOC(=O)c1c(NS(=O)(=O)c2ccc(C)cc2)sc2c1C(C(=O)OCC)CCC2. The van der Waals surface area contributed by atoms with Crippen LogP contribution in [0, 0.1) is 6.92 Å². The number of thiophene rings is 1. The van der Waals surface area contributed by atoms with Crippen molar-refractivity contribution in [3.05, 3.63) is 45.8 Å². The van der Waals surface area contributed by atoms with E-state index in [1.165, 1.54) is 23.5 Å². The van der Waals surface area contributed by atoms with Crippen LogP contribution in [-0.2, 0) is 30.7 Å². The van der Waals surface area contributed by atoms with E-state index in [1.54, 1.807) is 26.0 Å². The van der Waals surface area contributed by atoms with Crippen LogP contribution in [0.5, 0.6) is 0 Å². The Balaban J connectivity index is 2.07. The van der Waals surface area contributed by atoms with Crippen LogP contribution in [-0.4, -0.2) is 33.6 Å². The summed E-state index contributed by atoms with van der Waals surface area (Å²) in [5.74, 6) is -1.66. The molecular weight excluding hydrogens is 426 g/mol. The smallest absolute Gasteiger partial charge is 0.341 e. The first-order valence-electron chi connectivity index (χ1n) is 9.87. The molecule has 1 unspecified atom stereocenters. The second-order valence-corrected chi connectivity index (χ2v) is 9.77. The van der Waals surface area contributed by atoms with Gasteiger partial charge in [-0.2, -0.15) is 0 Å². The molecular formula is C21H25NO6S2. The van der Waals surface area contributed by atoms with Gasteiger partial charge in [-0.3, -0.25) is 9.52 Å². The van der Waals surface area contributed by atoms with Gasteiger partial charge in [-0.25, -0.2) is 13.2 Å². The molecule has 0 saturated heterocycles. The molecule has 30 heavy (non-hydrogen) atoms. The molecule has 0 fully saturated rings. The van der Waals surface area contributed by atoms with Gasteiger partial charge in [0.05, 0.1) is 29.6 Å². The molecule has 0 bridgehead atoms. The number of rotatable bonds is 7. The molecule has 1 heterocycles. The van der Waals surface area contributed by atoms with Crippen LogP contribution in [0.3, 0.4) is 0 Å². The number of carbonyl (C=O) groups is 2. The summed E-state index contributed by atoms with van der Waals surface area (Å²) in [5.41, 5.74) is 1.58. The van der Waals surface area contributed by atoms with Crippen molar-refractivity contribution in [2.24, 2.45) is 0 Å². The number of hydrogen-bond acceptors (Lipinski definition) is 7. The topological polar surface area (TPSA) is 98.8 Å². The van der Waals surface area contributed by atoms with Gasteiger partial charge in [0.15, 0.2) is 0 Å². The third-order valence-electron chi connectivity index (χ3n) is 4.88. The van der Waals surface area contributed by atoms with Crippen molar-refractivity contribution in [3.63, 3.8) is 0 Å². The Morgan fingerprint density at radius 3 is 2.43 bits per heavy atom. The lowest BCUT2D eigenvalue weighted by Crippen LogP contribution is -2.23. The number of hydrogen-bond donors (Lipinski definition) is 1. The van der Waals surface area contributed by atoms with E-state index in [-0.39, 0.29) is 28.7 Å². The van der Waals surface area contributed by atoms with Crippen molar-refractivity contribution < 1.29 is 27.5 Å². The molecule has 1 atom stereocenters. The molecule has 162 valence electrons. The minimum Gasteiger partial charge on any atom is -0.466 e. The summed E-state index contributed by atoms with van der Waals surface area (Å²) in [5, 5.41) is 0.176. The molecule has 1 aromatic carbocycles. The molecule has 3 rings (SSSR count). The zero-order valence-corrected chi connectivity index (χ0v) is 18.8. The monoisotopic (exact) mass is 451 g/mol. The van der Waals surface area contributed by atoms with Gasteiger partial charge in [-0.05, 0) is 57.7 Å². The van der Waals surface area contributed by atoms with E-state index in [0.29, 0.717) is 18.4 Å². The van der Waals surface area contributed by atoms with E-state index in [2.05, 4.69) is 4.72 Å². The Morgan fingerprint density at radius 1 is 1.13 bits per heavy atom. The predicted octanol–water partition coefficient (Wildman–Crippen LogP) is 4.02. The predicted molar refractivity (Wildman–Crippen MR) is 115 cm³/mol. The molecule has 9 heteroatoms. The Labute approximate surface area is 180 Å². The number of esters is 2. The van der Waals surface area contributed by atoms with Crippen molar-refractivity contribution in [2.75, 3.05) is 17.9 Å². The maximum Gasteiger partial charge on any atom is 0.341 e. The first kappa shape index (κ1) is 22.3. The van der Waals surface area contributed by atoms with E-state index in [9.17, 15) is 18.0 Å². The van der Waals surface area contributed by atoms with E-state index in [0.717, 1.165) is 16.9 Å². The molecule has 0 radical (unpaired) electrons. The number of fused-ring (bicyclic) bond motifs is 1. The summed E-state index contributed by atoms with van der Waals surface area (Å²) in [4.78, 5) is 26.2. The highest BCUT2D eigenvalue weighted by molar-refractivity contribution is 7.93. The molecule has 1 aliphatic rings. The number of nitrogens with one attached hydrogen (secondary N) is 1. The van der Waals surface area contributed by atoms with Gasteiger partial charge in [0.1, 0.15) is 5.00 Å². The molecule has 0 spiro atoms. The van der Waals surface area contributed by atoms with Crippen molar-refractivity contribution in [1.82, 2.24) is 0 Å². The van der Waals surface area contributed by atoms with E-state index < -0.39 is 27.9 Å². The molecule has 1 aromatic heterocycles. The fourth-order valence-electron chi connectivity index (χ4n) is 3.51. The Hall–Kier alpha value is -2.39. The highest BCUT2D eigenvalue weighted by Crippen LogP contribution is 2.45. The number of ether oxygens (including phenoxy) is 2. The fraction of sp³-hybridized carbons (Fsp3) is 0.429. The summed E-state index contributed by atoms with van der Waals surface area (Å²) in [6.07, 6.45) is 1.96. The van der Waals surface area contributed by atoms with Crippen molar-refractivity contribution in [3.8, 4) is 0 Å². The van der Waals surface area contributed by atoms with Crippen LogP contribution < -0.4 is 4.72 Å². The standard InChI is InChI=1S/C21H25NO6S2/c1-4-27-20(23)15-7-6-8-16-17(15)18(21(24)28-5-2)19(29-16)22-30(25,26)14-11-9-13(3)10-12-14/h9-12,15,22H,4-8H2,1-3H3. The molecule has 1 aliphatic carbocycles. The van der Waals surface area contributed by atoms with Gasteiger partial charge in [0.2, 0.25) is 0 Å². The summed E-state index contributed by atoms with van der Waals surface area (Å²) in [7, 11) is -3.91. The molecule has 0 saturated carbocycles. The first-order chi connectivity index (χ1) is 14.3. The van der Waals surface area contributed by atoms with Gasteiger partial charge in [0.25, 0.3) is 10.0 Å². The minimum absolute atomic E-state index is 0.0937. The van der Waals surface area contributed by atoms with Crippen LogP contribution in [0.25, 0.3) is 0 Å². The minimum atomic E-state index is -3.91. The van der Waals surface area contributed by atoms with E-state index >= 15 is 0 Å².